The maximum atomic E-state index is 10.8. The molecule has 1 aromatic heterocycles. The highest BCUT2D eigenvalue weighted by atomic mass is 16.1. The first-order valence-corrected chi connectivity index (χ1v) is 4.22. The first kappa shape index (κ1) is 8.56. The molecular weight excluding hydrogens is 176 g/mol. The third kappa shape index (κ3) is 1.52. The minimum atomic E-state index is 0.632. The van der Waals surface area contributed by atoms with Gasteiger partial charge in [0.2, 0.25) is 0 Å². The molecule has 0 atom stereocenters. The maximum Gasteiger partial charge on any atom is 0.150 e. The lowest BCUT2D eigenvalue weighted by Crippen LogP contribution is -1.89. The van der Waals surface area contributed by atoms with Crippen LogP contribution in [0.2, 0.25) is 0 Å². The van der Waals surface area contributed by atoms with E-state index >= 15 is 0 Å². The molecule has 2 rings (SSSR count). The van der Waals surface area contributed by atoms with Crippen molar-refractivity contribution >= 4 is 6.29 Å². The van der Waals surface area contributed by atoms with Crippen molar-refractivity contribution in [2.45, 2.75) is 0 Å². The van der Waals surface area contributed by atoms with E-state index < -0.39 is 0 Å². The van der Waals surface area contributed by atoms with Gasteiger partial charge in [-0.05, 0) is 0 Å². The molecule has 0 spiro atoms. The quantitative estimate of drug-likeness (QED) is 0.670. The van der Waals surface area contributed by atoms with Gasteiger partial charge in [0, 0.05) is 23.5 Å². The number of carbonyl (C=O) groups excluding carboxylic acids is 1. The number of aromatic nitrogens is 2. The predicted molar refractivity (Wildman–Crippen MR) is 52.9 cm³/mol. The molecule has 2 aromatic rings. The third-order valence-electron chi connectivity index (χ3n) is 1.93. The highest BCUT2D eigenvalue weighted by molar-refractivity contribution is 5.86. The van der Waals surface area contributed by atoms with Gasteiger partial charge in [-0.25, -0.2) is 0 Å². The molecule has 1 heterocycles. The summed E-state index contributed by atoms with van der Waals surface area (Å²) in [7, 11) is 0. The van der Waals surface area contributed by atoms with E-state index in [0.717, 1.165) is 17.5 Å². The van der Waals surface area contributed by atoms with Crippen LogP contribution >= 0.6 is 0 Å². The molecule has 0 saturated carbocycles. The Hall–Kier alpha value is -2.03. The summed E-state index contributed by atoms with van der Waals surface area (Å²) < 4.78 is 0. The van der Waals surface area contributed by atoms with Crippen molar-refractivity contribution in [1.29, 1.82) is 0 Å². The number of rotatable bonds is 2. The van der Waals surface area contributed by atoms with Gasteiger partial charge in [-0.3, -0.25) is 14.8 Å². The Labute approximate surface area is 81.5 Å². The summed E-state index contributed by atoms with van der Waals surface area (Å²) in [4.78, 5) is 18.8. The Bertz CT molecular complexity index is 440. The highest BCUT2D eigenvalue weighted by Crippen LogP contribution is 2.18. The fraction of sp³-hybridized carbons (Fsp3) is 0. The zero-order chi connectivity index (χ0) is 9.80. The molecule has 0 radical (unpaired) electrons. The van der Waals surface area contributed by atoms with Crippen molar-refractivity contribution in [2.75, 3.05) is 0 Å². The zero-order valence-electron chi connectivity index (χ0n) is 7.42. The minimum absolute atomic E-state index is 0.632. The van der Waals surface area contributed by atoms with Crippen LogP contribution in [0.4, 0.5) is 0 Å². The van der Waals surface area contributed by atoms with Crippen LogP contribution < -0.4 is 0 Å². The zero-order valence-corrected chi connectivity index (χ0v) is 7.42. The van der Waals surface area contributed by atoms with Gasteiger partial charge < -0.3 is 0 Å². The van der Waals surface area contributed by atoms with Gasteiger partial charge >= 0.3 is 0 Å². The monoisotopic (exact) mass is 184 g/mol. The Morgan fingerprint density at radius 3 is 2.71 bits per heavy atom. The second-order valence-electron chi connectivity index (χ2n) is 2.80. The summed E-state index contributed by atoms with van der Waals surface area (Å²) >= 11 is 0. The Balaban J connectivity index is 2.57. The molecule has 0 unspecified atom stereocenters. The second kappa shape index (κ2) is 3.79. The molecule has 1 aromatic carbocycles. The van der Waals surface area contributed by atoms with Crippen LogP contribution in [0.25, 0.3) is 11.3 Å². The lowest BCUT2D eigenvalue weighted by Gasteiger charge is -2.01. The van der Waals surface area contributed by atoms with Gasteiger partial charge in [0.05, 0.1) is 11.9 Å². The van der Waals surface area contributed by atoms with E-state index in [0.29, 0.717) is 5.56 Å². The molecule has 0 N–H and O–H groups in total. The lowest BCUT2D eigenvalue weighted by molar-refractivity contribution is 0.112. The molecule has 3 nitrogen and oxygen atoms in total. The SMILES string of the molecule is O=Cc1ccccc1-c1cnccn1. The molecule has 0 amide bonds. The van der Waals surface area contributed by atoms with Crippen molar-refractivity contribution in [1.82, 2.24) is 9.97 Å². The number of benzene rings is 1. The Kier molecular flexibility index (Phi) is 2.32. The number of hydrogen-bond donors (Lipinski definition) is 0. The topological polar surface area (TPSA) is 42.9 Å². The van der Waals surface area contributed by atoms with Crippen LogP contribution in [0.5, 0.6) is 0 Å². The minimum Gasteiger partial charge on any atom is -0.298 e. The summed E-state index contributed by atoms with van der Waals surface area (Å²) in [6.07, 6.45) is 5.68. The lowest BCUT2D eigenvalue weighted by atomic mass is 10.1. The molecular formula is C11H8N2O. The smallest absolute Gasteiger partial charge is 0.150 e. The van der Waals surface area contributed by atoms with E-state index in [-0.39, 0.29) is 0 Å². The average Bonchev–Trinajstić information content (AvgIpc) is 2.30. The summed E-state index contributed by atoms with van der Waals surface area (Å²) in [5.74, 6) is 0. The normalized spacial score (nSPS) is 9.71. The molecule has 14 heavy (non-hydrogen) atoms. The van der Waals surface area contributed by atoms with Crippen LogP contribution in [-0.2, 0) is 0 Å². The van der Waals surface area contributed by atoms with Gasteiger partial charge in [0.1, 0.15) is 0 Å². The molecule has 3 heteroatoms. The molecule has 68 valence electrons. The van der Waals surface area contributed by atoms with Gasteiger partial charge in [0.25, 0.3) is 0 Å². The summed E-state index contributed by atoms with van der Waals surface area (Å²) in [6, 6.07) is 7.31. The predicted octanol–water partition coefficient (Wildman–Crippen LogP) is 1.96. The van der Waals surface area contributed by atoms with Crippen molar-refractivity contribution in [2.24, 2.45) is 0 Å². The molecule has 0 aliphatic heterocycles. The Morgan fingerprint density at radius 2 is 2.00 bits per heavy atom. The fourth-order valence-corrected chi connectivity index (χ4v) is 1.27. The average molecular weight is 184 g/mol. The maximum absolute atomic E-state index is 10.8. The van der Waals surface area contributed by atoms with Gasteiger partial charge in [-0.1, -0.05) is 24.3 Å². The molecule has 0 aliphatic carbocycles. The van der Waals surface area contributed by atoms with Crippen LogP contribution in [-0.4, -0.2) is 16.3 Å². The van der Waals surface area contributed by atoms with Crippen LogP contribution in [0, 0.1) is 0 Å². The van der Waals surface area contributed by atoms with Gasteiger partial charge in [-0.15, -0.1) is 0 Å². The number of hydrogen-bond acceptors (Lipinski definition) is 3. The highest BCUT2D eigenvalue weighted by Gasteiger charge is 2.03. The van der Waals surface area contributed by atoms with Crippen LogP contribution in [0.15, 0.2) is 42.9 Å². The van der Waals surface area contributed by atoms with E-state index in [1.54, 1.807) is 24.7 Å². The first-order chi connectivity index (χ1) is 6.92. The number of aldehydes is 1. The van der Waals surface area contributed by atoms with Gasteiger partial charge in [-0.2, -0.15) is 0 Å². The van der Waals surface area contributed by atoms with E-state index in [1.165, 1.54) is 0 Å². The number of carbonyl (C=O) groups is 1. The van der Waals surface area contributed by atoms with Crippen molar-refractivity contribution in [3.63, 3.8) is 0 Å². The van der Waals surface area contributed by atoms with E-state index in [4.69, 9.17) is 0 Å². The van der Waals surface area contributed by atoms with Gasteiger partial charge in [0.15, 0.2) is 6.29 Å². The Morgan fingerprint density at radius 1 is 1.14 bits per heavy atom. The molecule has 0 aliphatic rings. The molecule has 0 fully saturated rings. The van der Waals surface area contributed by atoms with E-state index in [2.05, 4.69) is 9.97 Å². The standard InChI is InChI=1S/C11H8N2O/c14-8-9-3-1-2-4-10(9)11-7-12-5-6-13-11/h1-8H. The first-order valence-electron chi connectivity index (χ1n) is 4.22. The summed E-state index contributed by atoms with van der Waals surface area (Å²) in [6.45, 7) is 0. The van der Waals surface area contributed by atoms with Crippen molar-refractivity contribution < 1.29 is 4.79 Å². The van der Waals surface area contributed by atoms with Crippen molar-refractivity contribution in [3.8, 4) is 11.3 Å². The van der Waals surface area contributed by atoms with E-state index in [9.17, 15) is 4.79 Å². The molecule has 0 saturated heterocycles. The van der Waals surface area contributed by atoms with Crippen LogP contribution in [0.3, 0.4) is 0 Å². The second-order valence-corrected chi connectivity index (χ2v) is 2.80. The number of nitrogens with zero attached hydrogens (tertiary/aromatic N) is 2. The van der Waals surface area contributed by atoms with Crippen molar-refractivity contribution in [3.05, 3.63) is 48.4 Å². The summed E-state index contributed by atoms with van der Waals surface area (Å²) in [5, 5.41) is 0. The van der Waals surface area contributed by atoms with Crippen LogP contribution in [0.1, 0.15) is 10.4 Å². The largest absolute Gasteiger partial charge is 0.298 e. The molecule has 0 bridgehead atoms. The summed E-state index contributed by atoms with van der Waals surface area (Å²) in [5.41, 5.74) is 2.17. The van der Waals surface area contributed by atoms with E-state index in [1.807, 2.05) is 18.2 Å². The fourth-order valence-electron chi connectivity index (χ4n) is 1.27. The third-order valence-corrected chi connectivity index (χ3v) is 1.93.